The van der Waals surface area contributed by atoms with Crippen molar-refractivity contribution in [3.8, 4) is 5.75 Å². The van der Waals surface area contributed by atoms with Crippen LogP contribution >= 0.6 is 0 Å². The molecule has 0 aromatic heterocycles. The van der Waals surface area contributed by atoms with Crippen LogP contribution in [0.15, 0.2) is 12.1 Å². The largest absolute Gasteiger partial charge is 0.490 e. The van der Waals surface area contributed by atoms with Gasteiger partial charge in [-0.3, -0.25) is 0 Å². The van der Waals surface area contributed by atoms with Crippen molar-refractivity contribution >= 4 is 10.0 Å². The third kappa shape index (κ3) is 2.55. The SMILES string of the molecule is NS(=O)(=O)C[C@H]1CCOc2c1ccc(F)c2F. The van der Waals surface area contributed by atoms with Crippen molar-refractivity contribution < 1.29 is 21.9 Å². The van der Waals surface area contributed by atoms with Crippen LogP contribution in [0.4, 0.5) is 8.78 Å². The first kappa shape index (κ1) is 12.3. The van der Waals surface area contributed by atoms with Crippen LogP contribution in [0.3, 0.4) is 0 Å². The Morgan fingerprint density at radius 1 is 1.41 bits per heavy atom. The Bertz CT molecular complexity index is 545. The van der Waals surface area contributed by atoms with Gasteiger partial charge in [-0.1, -0.05) is 6.07 Å². The molecule has 0 radical (unpaired) electrons. The molecule has 0 unspecified atom stereocenters. The lowest BCUT2D eigenvalue weighted by molar-refractivity contribution is 0.254. The molecular formula is C10H11F2NO3S. The molecule has 2 rings (SSSR count). The topological polar surface area (TPSA) is 69.4 Å². The first-order valence-electron chi connectivity index (χ1n) is 4.99. The zero-order chi connectivity index (χ0) is 12.6. The van der Waals surface area contributed by atoms with Gasteiger partial charge in [0.2, 0.25) is 15.8 Å². The molecule has 94 valence electrons. The van der Waals surface area contributed by atoms with Crippen LogP contribution in [-0.4, -0.2) is 20.8 Å². The van der Waals surface area contributed by atoms with Crippen molar-refractivity contribution in [2.75, 3.05) is 12.4 Å². The summed E-state index contributed by atoms with van der Waals surface area (Å²) in [5.41, 5.74) is 0.351. The first-order valence-corrected chi connectivity index (χ1v) is 6.71. The fraction of sp³-hybridized carbons (Fsp3) is 0.400. The maximum atomic E-state index is 13.4. The summed E-state index contributed by atoms with van der Waals surface area (Å²) in [6.45, 7) is 0.146. The average molecular weight is 263 g/mol. The minimum absolute atomic E-state index is 0.146. The van der Waals surface area contributed by atoms with Crippen LogP contribution in [0.1, 0.15) is 17.9 Å². The smallest absolute Gasteiger partial charge is 0.209 e. The zero-order valence-corrected chi connectivity index (χ0v) is 9.64. The molecule has 0 bridgehead atoms. The van der Waals surface area contributed by atoms with E-state index >= 15 is 0 Å². The lowest BCUT2D eigenvalue weighted by atomic mass is 9.94. The molecular weight excluding hydrogens is 252 g/mol. The number of hydrogen-bond acceptors (Lipinski definition) is 3. The van der Waals surface area contributed by atoms with Gasteiger partial charge in [0.1, 0.15) is 0 Å². The maximum absolute atomic E-state index is 13.4. The molecule has 1 heterocycles. The summed E-state index contributed by atoms with van der Waals surface area (Å²) in [4.78, 5) is 0. The van der Waals surface area contributed by atoms with E-state index in [1.54, 1.807) is 0 Å². The highest BCUT2D eigenvalue weighted by molar-refractivity contribution is 7.89. The van der Waals surface area contributed by atoms with E-state index in [4.69, 9.17) is 9.88 Å². The average Bonchev–Trinajstić information content (AvgIpc) is 2.22. The van der Waals surface area contributed by atoms with Crippen molar-refractivity contribution in [3.63, 3.8) is 0 Å². The Hall–Kier alpha value is -1.21. The summed E-state index contributed by atoms with van der Waals surface area (Å²) in [7, 11) is -3.66. The van der Waals surface area contributed by atoms with Crippen LogP contribution in [0.2, 0.25) is 0 Å². The van der Waals surface area contributed by atoms with Crippen LogP contribution in [-0.2, 0) is 10.0 Å². The Morgan fingerprint density at radius 3 is 2.76 bits per heavy atom. The highest BCUT2D eigenvalue weighted by atomic mass is 32.2. The Morgan fingerprint density at radius 2 is 2.12 bits per heavy atom. The summed E-state index contributed by atoms with van der Waals surface area (Å²) < 4.78 is 53.5. The number of primary sulfonamides is 1. The standard InChI is InChI=1S/C10H11F2NO3S/c11-8-2-1-7-6(5-17(13,14)15)3-4-16-10(7)9(8)12/h1-2,6H,3-5H2,(H2,13,14,15)/t6-/m1/s1. The predicted octanol–water partition coefficient (Wildman–Crippen LogP) is 1.12. The lowest BCUT2D eigenvalue weighted by Crippen LogP contribution is -2.26. The molecule has 0 fully saturated rings. The van der Waals surface area contributed by atoms with Crippen LogP contribution in [0.5, 0.6) is 5.75 Å². The normalized spacial score (nSPS) is 19.6. The number of fused-ring (bicyclic) bond motifs is 1. The van der Waals surface area contributed by atoms with Crippen LogP contribution < -0.4 is 9.88 Å². The van der Waals surface area contributed by atoms with Gasteiger partial charge in [0.25, 0.3) is 0 Å². The second-order valence-corrected chi connectivity index (χ2v) is 5.60. The number of sulfonamides is 1. The summed E-state index contributed by atoms with van der Waals surface area (Å²) in [5.74, 6) is -3.05. The number of rotatable bonds is 2. The first-order chi connectivity index (χ1) is 7.88. The highest BCUT2D eigenvalue weighted by Gasteiger charge is 2.28. The molecule has 1 aromatic rings. The molecule has 4 nitrogen and oxygen atoms in total. The predicted molar refractivity (Wildman–Crippen MR) is 57.2 cm³/mol. The molecule has 1 atom stereocenters. The van der Waals surface area contributed by atoms with Gasteiger partial charge < -0.3 is 4.74 Å². The molecule has 0 amide bonds. The van der Waals surface area contributed by atoms with E-state index in [2.05, 4.69) is 0 Å². The summed E-state index contributed by atoms with van der Waals surface area (Å²) in [6, 6.07) is 2.29. The van der Waals surface area contributed by atoms with Crippen molar-refractivity contribution in [2.24, 2.45) is 5.14 Å². The molecule has 1 aliphatic rings. The molecule has 0 saturated heterocycles. The number of ether oxygens (including phenoxy) is 1. The number of nitrogens with two attached hydrogens (primary N) is 1. The van der Waals surface area contributed by atoms with Gasteiger partial charge in [-0.25, -0.2) is 17.9 Å². The minimum atomic E-state index is -3.66. The Labute approximate surface area is 97.4 Å². The molecule has 0 spiro atoms. The van der Waals surface area contributed by atoms with Gasteiger partial charge in [0.05, 0.1) is 12.4 Å². The molecule has 2 N–H and O–H groups in total. The van der Waals surface area contributed by atoms with Gasteiger partial charge in [0.15, 0.2) is 11.6 Å². The van der Waals surface area contributed by atoms with E-state index in [1.165, 1.54) is 6.07 Å². The highest BCUT2D eigenvalue weighted by Crippen LogP contribution is 2.36. The van der Waals surface area contributed by atoms with E-state index in [1.807, 2.05) is 0 Å². The summed E-state index contributed by atoms with van der Waals surface area (Å²) in [5, 5.41) is 4.95. The zero-order valence-electron chi connectivity index (χ0n) is 8.82. The van der Waals surface area contributed by atoms with Crippen molar-refractivity contribution in [2.45, 2.75) is 12.3 Å². The quantitative estimate of drug-likeness (QED) is 0.869. The van der Waals surface area contributed by atoms with Crippen molar-refractivity contribution in [1.82, 2.24) is 0 Å². The van der Waals surface area contributed by atoms with Gasteiger partial charge in [-0.05, 0) is 12.5 Å². The summed E-state index contributed by atoms with van der Waals surface area (Å²) >= 11 is 0. The number of halogens is 2. The molecule has 7 heteroatoms. The fourth-order valence-electron chi connectivity index (χ4n) is 1.93. The van der Waals surface area contributed by atoms with E-state index < -0.39 is 27.6 Å². The third-order valence-corrected chi connectivity index (χ3v) is 3.53. The summed E-state index contributed by atoms with van der Waals surface area (Å²) in [6.07, 6.45) is 0.411. The van der Waals surface area contributed by atoms with Gasteiger partial charge in [0, 0.05) is 11.5 Å². The number of benzene rings is 1. The van der Waals surface area contributed by atoms with Crippen LogP contribution in [0.25, 0.3) is 0 Å². The molecule has 1 aliphatic heterocycles. The van der Waals surface area contributed by atoms with Gasteiger partial charge in [-0.2, -0.15) is 4.39 Å². The van der Waals surface area contributed by atoms with E-state index in [0.717, 1.165) is 6.07 Å². The lowest BCUT2D eigenvalue weighted by Gasteiger charge is -2.25. The Balaban J connectivity index is 2.42. The van der Waals surface area contributed by atoms with Crippen LogP contribution in [0, 0.1) is 11.6 Å². The maximum Gasteiger partial charge on any atom is 0.209 e. The van der Waals surface area contributed by atoms with E-state index in [0.29, 0.717) is 12.0 Å². The molecule has 17 heavy (non-hydrogen) atoms. The van der Waals surface area contributed by atoms with Gasteiger partial charge >= 0.3 is 0 Å². The Kier molecular flexibility index (Phi) is 3.05. The monoisotopic (exact) mass is 263 g/mol. The second kappa shape index (κ2) is 4.23. The minimum Gasteiger partial charge on any atom is -0.490 e. The number of hydrogen-bond donors (Lipinski definition) is 1. The van der Waals surface area contributed by atoms with E-state index in [9.17, 15) is 17.2 Å². The van der Waals surface area contributed by atoms with Gasteiger partial charge in [-0.15, -0.1) is 0 Å². The second-order valence-electron chi connectivity index (χ2n) is 3.94. The van der Waals surface area contributed by atoms with Crippen molar-refractivity contribution in [3.05, 3.63) is 29.3 Å². The van der Waals surface area contributed by atoms with Crippen molar-refractivity contribution in [1.29, 1.82) is 0 Å². The van der Waals surface area contributed by atoms with E-state index in [-0.39, 0.29) is 18.1 Å². The molecule has 0 aliphatic carbocycles. The molecule has 1 aromatic carbocycles. The fourth-order valence-corrected chi connectivity index (χ4v) is 2.83. The third-order valence-electron chi connectivity index (χ3n) is 2.67. The molecule has 0 saturated carbocycles.